The van der Waals surface area contributed by atoms with Crippen LogP contribution in [0.4, 0.5) is 10.5 Å². The third-order valence-corrected chi connectivity index (χ3v) is 6.78. The van der Waals surface area contributed by atoms with Crippen molar-refractivity contribution in [3.63, 3.8) is 0 Å². The van der Waals surface area contributed by atoms with E-state index in [4.69, 9.17) is 20.3 Å². The molecule has 0 radical (unpaired) electrons. The number of anilines is 1. The SMILES string of the molecule is N=C(N)NCCC[C@H](NC(=O)CNC(=O)CNC(=O)OCc1ccccc1)C(=O)Nc1ccc2cc(-c3ccccc3)c(=O)oc2c1. The number of benzene rings is 3. The van der Waals surface area contributed by atoms with Gasteiger partial charge < -0.3 is 41.5 Å². The molecule has 0 saturated heterocycles. The molecule has 1 atom stereocenters. The number of fused-ring (bicyclic) bond motifs is 1. The molecular weight excluding hydrogens is 606 g/mol. The van der Waals surface area contributed by atoms with Crippen molar-refractivity contribution in [3.05, 3.63) is 101 Å². The summed E-state index contributed by atoms with van der Waals surface area (Å²) in [5.74, 6) is -2.08. The van der Waals surface area contributed by atoms with Crippen molar-refractivity contribution >= 4 is 46.4 Å². The molecule has 0 aliphatic heterocycles. The molecule has 8 N–H and O–H groups in total. The summed E-state index contributed by atoms with van der Waals surface area (Å²) in [6.07, 6.45) is -0.258. The third kappa shape index (κ3) is 10.7. The van der Waals surface area contributed by atoms with E-state index in [0.717, 1.165) is 5.56 Å². The molecule has 47 heavy (non-hydrogen) atoms. The highest BCUT2D eigenvalue weighted by molar-refractivity contribution is 5.99. The molecule has 0 unspecified atom stereocenters. The van der Waals surface area contributed by atoms with E-state index in [0.29, 0.717) is 28.6 Å². The summed E-state index contributed by atoms with van der Waals surface area (Å²) >= 11 is 0. The summed E-state index contributed by atoms with van der Waals surface area (Å²) in [6.45, 7) is -0.569. The van der Waals surface area contributed by atoms with Gasteiger partial charge in [-0.15, -0.1) is 0 Å². The highest BCUT2D eigenvalue weighted by atomic mass is 16.5. The van der Waals surface area contributed by atoms with Gasteiger partial charge in [0.15, 0.2) is 5.96 Å². The van der Waals surface area contributed by atoms with Crippen molar-refractivity contribution in [3.8, 4) is 11.1 Å². The molecule has 14 nitrogen and oxygen atoms in total. The van der Waals surface area contributed by atoms with E-state index < -0.39 is 48.6 Å². The predicted molar refractivity (Wildman–Crippen MR) is 175 cm³/mol. The summed E-state index contributed by atoms with van der Waals surface area (Å²) in [5.41, 5.74) is 7.29. The van der Waals surface area contributed by atoms with Crippen molar-refractivity contribution < 1.29 is 28.3 Å². The standard InChI is InChI=1S/C33H35N7O7/c34-32(35)36-15-7-12-26(40-29(42)19-37-28(41)18-38-33(45)46-20-21-8-3-1-4-9-21)30(43)39-24-14-13-23-16-25(22-10-5-2-6-11-22)31(44)47-27(23)17-24/h1-6,8-11,13-14,16-17,26H,7,12,15,18-20H2,(H,37,41)(H,38,45)(H,39,43)(H,40,42)(H4,34,35,36)/t26-/m0/s1. The molecule has 1 heterocycles. The Labute approximate surface area is 269 Å². The molecule has 4 aromatic rings. The number of carbonyl (C=O) groups excluding carboxylic acids is 4. The van der Waals surface area contributed by atoms with Gasteiger partial charge in [0, 0.05) is 23.7 Å². The largest absolute Gasteiger partial charge is 0.445 e. The Morgan fingerprint density at radius 3 is 2.28 bits per heavy atom. The Morgan fingerprint density at radius 2 is 1.55 bits per heavy atom. The van der Waals surface area contributed by atoms with E-state index in [1.54, 1.807) is 54.6 Å². The zero-order valence-corrected chi connectivity index (χ0v) is 25.3. The van der Waals surface area contributed by atoms with Crippen LogP contribution in [0.1, 0.15) is 18.4 Å². The first-order chi connectivity index (χ1) is 22.7. The summed E-state index contributed by atoms with van der Waals surface area (Å²) in [6, 6.07) is 23.6. The minimum Gasteiger partial charge on any atom is -0.445 e. The number of amides is 4. The van der Waals surface area contributed by atoms with Crippen LogP contribution in [0.3, 0.4) is 0 Å². The monoisotopic (exact) mass is 641 g/mol. The van der Waals surface area contributed by atoms with Crippen molar-refractivity contribution in [2.75, 3.05) is 25.0 Å². The van der Waals surface area contributed by atoms with Crippen molar-refractivity contribution in [2.24, 2.45) is 5.73 Å². The van der Waals surface area contributed by atoms with E-state index in [9.17, 15) is 24.0 Å². The van der Waals surface area contributed by atoms with Crippen LogP contribution < -0.4 is 37.9 Å². The van der Waals surface area contributed by atoms with Crippen LogP contribution in [0.15, 0.2) is 94.1 Å². The van der Waals surface area contributed by atoms with Crippen molar-refractivity contribution in [1.82, 2.24) is 21.3 Å². The Kier molecular flexibility index (Phi) is 12.0. The molecule has 0 bridgehead atoms. The highest BCUT2D eigenvalue weighted by Gasteiger charge is 2.21. The van der Waals surface area contributed by atoms with Gasteiger partial charge in [0.25, 0.3) is 0 Å². The van der Waals surface area contributed by atoms with Crippen molar-refractivity contribution in [2.45, 2.75) is 25.5 Å². The molecule has 4 rings (SSSR count). The smallest absolute Gasteiger partial charge is 0.407 e. The zero-order chi connectivity index (χ0) is 33.6. The number of hydrogen-bond acceptors (Lipinski definition) is 8. The molecule has 0 spiro atoms. The van der Waals surface area contributed by atoms with Gasteiger partial charge in [0.1, 0.15) is 24.8 Å². The van der Waals surface area contributed by atoms with Gasteiger partial charge >= 0.3 is 11.7 Å². The molecule has 4 amide bonds. The highest BCUT2D eigenvalue weighted by Crippen LogP contribution is 2.23. The average Bonchev–Trinajstić information content (AvgIpc) is 3.07. The minimum atomic E-state index is -1.03. The number of guanidine groups is 1. The number of alkyl carbamates (subject to hydrolysis) is 1. The Hall–Kier alpha value is -6.18. The third-order valence-electron chi connectivity index (χ3n) is 6.78. The Bertz CT molecular complexity index is 1780. The lowest BCUT2D eigenvalue weighted by atomic mass is 10.1. The first-order valence-electron chi connectivity index (χ1n) is 14.7. The molecule has 0 aliphatic rings. The number of carbonyl (C=O) groups is 4. The van der Waals surface area contributed by atoms with Crippen LogP contribution >= 0.6 is 0 Å². The van der Waals surface area contributed by atoms with Gasteiger partial charge in [-0.1, -0.05) is 60.7 Å². The fraction of sp³-hybridized carbons (Fsp3) is 0.212. The second-order valence-corrected chi connectivity index (χ2v) is 10.4. The predicted octanol–water partition coefficient (Wildman–Crippen LogP) is 2.19. The van der Waals surface area contributed by atoms with Gasteiger partial charge in [0.2, 0.25) is 17.7 Å². The first-order valence-corrected chi connectivity index (χ1v) is 14.7. The van der Waals surface area contributed by atoms with E-state index in [1.807, 2.05) is 24.3 Å². The zero-order valence-electron chi connectivity index (χ0n) is 25.3. The number of ether oxygens (including phenoxy) is 1. The van der Waals surface area contributed by atoms with Crippen LogP contribution in [0.25, 0.3) is 22.1 Å². The van der Waals surface area contributed by atoms with Gasteiger partial charge in [-0.3, -0.25) is 19.8 Å². The molecule has 0 aliphatic carbocycles. The van der Waals surface area contributed by atoms with Crippen LogP contribution in [-0.4, -0.2) is 55.5 Å². The maximum Gasteiger partial charge on any atom is 0.407 e. The first kappa shape index (κ1) is 33.7. The lowest BCUT2D eigenvalue weighted by Crippen LogP contribution is -2.48. The molecule has 3 aromatic carbocycles. The van der Waals surface area contributed by atoms with E-state index >= 15 is 0 Å². The van der Waals surface area contributed by atoms with Crippen LogP contribution in [0.5, 0.6) is 0 Å². The van der Waals surface area contributed by atoms with Gasteiger partial charge in [-0.25, -0.2) is 9.59 Å². The molecule has 14 heteroatoms. The second kappa shape index (κ2) is 16.8. The van der Waals surface area contributed by atoms with Crippen molar-refractivity contribution in [1.29, 1.82) is 5.41 Å². The maximum atomic E-state index is 13.2. The normalized spacial score (nSPS) is 11.1. The fourth-order valence-corrected chi connectivity index (χ4v) is 4.45. The number of nitrogens with one attached hydrogen (secondary N) is 6. The van der Waals surface area contributed by atoms with E-state index in [2.05, 4.69) is 26.6 Å². The number of nitrogens with two attached hydrogens (primary N) is 1. The lowest BCUT2D eigenvalue weighted by molar-refractivity contribution is -0.128. The Morgan fingerprint density at radius 1 is 0.851 bits per heavy atom. The Balaban J connectivity index is 1.32. The fourth-order valence-electron chi connectivity index (χ4n) is 4.45. The molecule has 244 valence electrons. The molecule has 0 fully saturated rings. The quantitative estimate of drug-likeness (QED) is 0.0464. The van der Waals surface area contributed by atoms with E-state index in [-0.39, 0.29) is 31.1 Å². The molecular formula is C33H35N7O7. The van der Waals surface area contributed by atoms with Gasteiger partial charge in [-0.2, -0.15) is 0 Å². The topological polar surface area (TPSA) is 218 Å². The summed E-state index contributed by atoms with van der Waals surface area (Å²) in [7, 11) is 0. The van der Waals surface area contributed by atoms with Crippen LogP contribution in [0, 0.1) is 5.41 Å². The molecule has 0 saturated carbocycles. The number of rotatable bonds is 14. The summed E-state index contributed by atoms with van der Waals surface area (Å²) < 4.78 is 10.6. The summed E-state index contributed by atoms with van der Waals surface area (Å²) in [5, 5.41) is 20.6. The second-order valence-electron chi connectivity index (χ2n) is 10.4. The van der Waals surface area contributed by atoms with E-state index in [1.165, 1.54) is 6.07 Å². The lowest BCUT2D eigenvalue weighted by Gasteiger charge is -2.19. The van der Waals surface area contributed by atoms with Gasteiger partial charge in [-0.05, 0) is 42.2 Å². The van der Waals surface area contributed by atoms with Gasteiger partial charge in [0.05, 0.1) is 12.1 Å². The van der Waals surface area contributed by atoms with Crippen LogP contribution in [-0.2, 0) is 25.7 Å². The van der Waals surface area contributed by atoms with Crippen LogP contribution in [0.2, 0.25) is 0 Å². The number of hydrogen-bond donors (Lipinski definition) is 7. The minimum absolute atomic E-state index is 0.0327. The summed E-state index contributed by atoms with van der Waals surface area (Å²) in [4.78, 5) is 62.6. The maximum absolute atomic E-state index is 13.2. The average molecular weight is 642 g/mol. The molecule has 1 aromatic heterocycles.